The number of carbonyl (C=O) groups excluding carboxylic acids is 1. The predicted octanol–water partition coefficient (Wildman–Crippen LogP) is 3.71. The molecule has 21 heavy (non-hydrogen) atoms. The van der Waals surface area contributed by atoms with Crippen molar-refractivity contribution in [2.45, 2.75) is 6.92 Å². The lowest BCUT2D eigenvalue weighted by Gasteiger charge is -2.13. The minimum atomic E-state index is -0.434. The fourth-order valence-electron chi connectivity index (χ4n) is 1.74. The number of hydrogen-bond acceptors (Lipinski definition) is 3. The van der Waals surface area contributed by atoms with Gasteiger partial charge in [0.25, 0.3) is 5.91 Å². The molecule has 2 rings (SSSR count). The van der Waals surface area contributed by atoms with Crippen molar-refractivity contribution in [3.05, 3.63) is 52.3 Å². The molecule has 0 fully saturated rings. The van der Waals surface area contributed by atoms with E-state index in [1.165, 1.54) is 24.3 Å². The maximum absolute atomic E-state index is 13.3. The van der Waals surface area contributed by atoms with E-state index < -0.39 is 5.82 Å². The average Bonchev–Trinajstić information content (AvgIpc) is 2.43. The summed E-state index contributed by atoms with van der Waals surface area (Å²) in [5, 5.41) is 2.69. The van der Waals surface area contributed by atoms with Gasteiger partial charge in [0.1, 0.15) is 17.3 Å². The van der Waals surface area contributed by atoms with Gasteiger partial charge in [-0.25, -0.2) is 4.39 Å². The quantitative estimate of drug-likeness (QED) is 0.824. The summed E-state index contributed by atoms with van der Waals surface area (Å²) >= 11 is 3.28. The highest BCUT2D eigenvalue weighted by molar-refractivity contribution is 9.10. The maximum atomic E-state index is 13.3. The van der Waals surface area contributed by atoms with Crippen LogP contribution in [0.2, 0.25) is 0 Å². The Morgan fingerprint density at radius 2 is 2.05 bits per heavy atom. The molecular formula is C15H14BrFN2O2. The molecule has 0 saturated heterocycles. The van der Waals surface area contributed by atoms with Crippen molar-refractivity contribution in [1.82, 2.24) is 5.32 Å². The van der Waals surface area contributed by atoms with E-state index in [0.29, 0.717) is 22.3 Å². The lowest BCUT2D eigenvalue weighted by atomic mass is 10.1. The van der Waals surface area contributed by atoms with Crippen molar-refractivity contribution in [3.8, 4) is 11.5 Å². The van der Waals surface area contributed by atoms with Gasteiger partial charge in [-0.2, -0.15) is 0 Å². The van der Waals surface area contributed by atoms with Gasteiger partial charge >= 0.3 is 0 Å². The molecule has 2 aromatic carbocycles. The van der Waals surface area contributed by atoms with Gasteiger partial charge < -0.3 is 15.8 Å². The molecule has 0 radical (unpaired) electrons. The molecule has 110 valence electrons. The molecule has 6 heteroatoms. The van der Waals surface area contributed by atoms with Crippen LogP contribution in [0.15, 0.2) is 40.9 Å². The van der Waals surface area contributed by atoms with Crippen LogP contribution in [-0.4, -0.2) is 12.5 Å². The third-order valence-electron chi connectivity index (χ3n) is 2.70. The fourth-order valence-corrected chi connectivity index (χ4v) is 2.07. The minimum absolute atomic E-state index is 0.270. The molecule has 0 aromatic heterocycles. The van der Waals surface area contributed by atoms with Crippen molar-refractivity contribution >= 4 is 27.5 Å². The summed E-state index contributed by atoms with van der Waals surface area (Å²) in [6.07, 6.45) is 0. The normalized spacial score (nSPS) is 10.2. The van der Waals surface area contributed by atoms with Crippen LogP contribution in [0.3, 0.4) is 0 Å². The molecule has 3 N–H and O–H groups in total. The summed E-state index contributed by atoms with van der Waals surface area (Å²) in [6.45, 7) is 2.31. The molecule has 4 nitrogen and oxygen atoms in total. The average molecular weight is 353 g/mol. The monoisotopic (exact) mass is 352 g/mol. The van der Waals surface area contributed by atoms with E-state index in [2.05, 4.69) is 21.2 Å². The van der Waals surface area contributed by atoms with Gasteiger partial charge in [0.05, 0.1) is 10.0 Å². The highest BCUT2D eigenvalue weighted by Crippen LogP contribution is 2.33. The number of halogens is 2. The Morgan fingerprint density at radius 1 is 1.29 bits per heavy atom. The number of hydrogen-bond donors (Lipinski definition) is 2. The highest BCUT2D eigenvalue weighted by atomic mass is 79.9. The summed E-state index contributed by atoms with van der Waals surface area (Å²) < 4.78 is 19.5. The van der Waals surface area contributed by atoms with Gasteiger partial charge in [-0.05, 0) is 47.1 Å². The zero-order valence-corrected chi connectivity index (χ0v) is 12.9. The standard InChI is InChI=1S/C15H14BrFN2O2/c1-2-19-15(20)11-5-4-10(18)8-13(11)21-14-7-9(17)3-6-12(14)16/h3-8H,2,18H2,1H3,(H,19,20). The summed E-state index contributed by atoms with van der Waals surface area (Å²) in [5.41, 5.74) is 6.51. The number of anilines is 1. The zero-order chi connectivity index (χ0) is 15.4. The Morgan fingerprint density at radius 3 is 2.76 bits per heavy atom. The van der Waals surface area contributed by atoms with Crippen LogP contribution >= 0.6 is 15.9 Å². The van der Waals surface area contributed by atoms with Crippen LogP contribution < -0.4 is 15.8 Å². The molecule has 0 atom stereocenters. The number of carbonyl (C=O) groups is 1. The number of nitrogen functional groups attached to an aromatic ring is 1. The van der Waals surface area contributed by atoms with Crippen LogP contribution in [0.4, 0.5) is 10.1 Å². The number of benzene rings is 2. The maximum Gasteiger partial charge on any atom is 0.255 e. The first kappa shape index (κ1) is 15.3. The van der Waals surface area contributed by atoms with Crippen LogP contribution in [0, 0.1) is 5.82 Å². The Hall–Kier alpha value is -2.08. The molecule has 2 aromatic rings. The Bertz CT molecular complexity index is 677. The van der Waals surface area contributed by atoms with Crippen molar-refractivity contribution in [2.75, 3.05) is 12.3 Å². The number of nitrogens with two attached hydrogens (primary N) is 1. The first-order chi connectivity index (χ1) is 10.0. The van der Waals surface area contributed by atoms with Crippen LogP contribution in [-0.2, 0) is 0 Å². The molecule has 0 unspecified atom stereocenters. The number of rotatable bonds is 4. The van der Waals surface area contributed by atoms with Gasteiger partial charge in [-0.1, -0.05) is 0 Å². The van der Waals surface area contributed by atoms with E-state index in [-0.39, 0.29) is 17.4 Å². The van der Waals surface area contributed by atoms with Gasteiger partial charge in [-0.15, -0.1) is 0 Å². The van der Waals surface area contributed by atoms with E-state index in [0.717, 1.165) is 0 Å². The lowest BCUT2D eigenvalue weighted by molar-refractivity contribution is 0.0953. The Labute approximate surface area is 130 Å². The highest BCUT2D eigenvalue weighted by Gasteiger charge is 2.14. The van der Waals surface area contributed by atoms with Crippen molar-refractivity contribution in [2.24, 2.45) is 0 Å². The SMILES string of the molecule is CCNC(=O)c1ccc(N)cc1Oc1cc(F)ccc1Br. The Kier molecular flexibility index (Phi) is 4.80. The molecule has 0 aliphatic rings. The first-order valence-electron chi connectivity index (χ1n) is 6.32. The van der Waals surface area contributed by atoms with Gasteiger partial charge in [0.2, 0.25) is 0 Å². The van der Waals surface area contributed by atoms with E-state index in [9.17, 15) is 9.18 Å². The second kappa shape index (κ2) is 6.58. The number of nitrogens with one attached hydrogen (secondary N) is 1. The van der Waals surface area contributed by atoms with E-state index in [1.807, 2.05) is 6.92 Å². The second-order valence-electron chi connectivity index (χ2n) is 4.29. The van der Waals surface area contributed by atoms with E-state index in [4.69, 9.17) is 10.5 Å². The minimum Gasteiger partial charge on any atom is -0.455 e. The third-order valence-corrected chi connectivity index (χ3v) is 3.36. The molecule has 0 bridgehead atoms. The van der Waals surface area contributed by atoms with Gasteiger partial charge in [0.15, 0.2) is 0 Å². The van der Waals surface area contributed by atoms with Crippen molar-refractivity contribution in [3.63, 3.8) is 0 Å². The van der Waals surface area contributed by atoms with Crippen molar-refractivity contribution in [1.29, 1.82) is 0 Å². The van der Waals surface area contributed by atoms with Crippen LogP contribution in [0.25, 0.3) is 0 Å². The van der Waals surface area contributed by atoms with E-state index in [1.54, 1.807) is 12.1 Å². The summed E-state index contributed by atoms with van der Waals surface area (Å²) in [4.78, 5) is 12.0. The molecule has 1 amide bonds. The summed E-state index contributed by atoms with van der Waals surface area (Å²) in [5.74, 6) is -0.171. The van der Waals surface area contributed by atoms with Crippen LogP contribution in [0.5, 0.6) is 11.5 Å². The van der Waals surface area contributed by atoms with E-state index >= 15 is 0 Å². The predicted molar refractivity (Wildman–Crippen MR) is 83.0 cm³/mol. The lowest BCUT2D eigenvalue weighted by Crippen LogP contribution is -2.23. The topological polar surface area (TPSA) is 64.4 Å². The van der Waals surface area contributed by atoms with Gasteiger partial charge in [-0.3, -0.25) is 4.79 Å². The van der Waals surface area contributed by atoms with Crippen LogP contribution in [0.1, 0.15) is 17.3 Å². The molecule has 0 aliphatic carbocycles. The Balaban J connectivity index is 2.40. The largest absolute Gasteiger partial charge is 0.455 e. The fraction of sp³-hybridized carbons (Fsp3) is 0.133. The molecule has 0 saturated carbocycles. The van der Waals surface area contributed by atoms with Gasteiger partial charge in [0, 0.05) is 24.4 Å². The molecule has 0 spiro atoms. The summed E-state index contributed by atoms with van der Waals surface area (Å²) in [6, 6.07) is 8.78. The smallest absolute Gasteiger partial charge is 0.255 e. The third kappa shape index (κ3) is 3.72. The second-order valence-corrected chi connectivity index (χ2v) is 5.15. The summed E-state index contributed by atoms with van der Waals surface area (Å²) in [7, 11) is 0. The molecule has 0 heterocycles. The number of ether oxygens (including phenoxy) is 1. The number of amides is 1. The first-order valence-corrected chi connectivity index (χ1v) is 7.11. The van der Waals surface area contributed by atoms with Crippen molar-refractivity contribution < 1.29 is 13.9 Å². The zero-order valence-electron chi connectivity index (χ0n) is 11.3. The molecule has 0 aliphatic heterocycles. The molecular weight excluding hydrogens is 339 g/mol.